The summed E-state index contributed by atoms with van der Waals surface area (Å²) in [6.07, 6.45) is 22.1. The molecule has 6 atom stereocenters. The maximum atomic E-state index is 12.2. The molecule has 0 radical (unpaired) electrons. The maximum absolute atomic E-state index is 12.2. The Morgan fingerprint density at radius 1 is 0.903 bits per heavy atom. The molecule has 3 nitrogen and oxygen atoms in total. The minimum absolute atomic E-state index is 0.113. The van der Waals surface area contributed by atoms with E-state index in [0.717, 1.165) is 47.7 Å². The minimum Gasteiger partial charge on any atom is -0.435 e. The summed E-state index contributed by atoms with van der Waals surface area (Å²) in [6, 6.07) is 0. The van der Waals surface area contributed by atoms with Crippen LogP contribution in [0.5, 0.6) is 0 Å². The van der Waals surface area contributed by atoms with Crippen molar-refractivity contribution < 1.29 is 14.3 Å². The van der Waals surface area contributed by atoms with Crippen LogP contribution in [0.15, 0.2) is 12.2 Å². The molecule has 0 N–H and O–H groups in total. The lowest BCUT2D eigenvalue weighted by Gasteiger charge is -2.46. The largest absolute Gasteiger partial charge is 0.435 e. The van der Waals surface area contributed by atoms with Gasteiger partial charge in [-0.2, -0.15) is 0 Å². The van der Waals surface area contributed by atoms with Crippen molar-refractivity contribution in [3.8, 4) is 0 Å². The number of fused-ring (bicyclic) bond motifs is 2. The molecule has 3 saturated carbocycles. The van der Waals surface area contributed by atoms with Crippen LogP contribution in [0.1, 0.15) is 90.4 Å². The molecule has 4 rings (SSSR count). The Bertz CT molecular complexity index is 585. The van der Waals surface area contributed by atoms with Crippen LogP contribution in [-0.2, 0) is 14.3 Å². The standard InChI is InChI=1S/C27H44O3S/c1-20(29-14-13-21-7-3-2-4-8-21)30-27(28)19-31-18-22-11-12-25-16-23-9-5-6-10-24(23)17-26(25)15-22/h5-6,20-26H,2-4,7-19H2,1H3/t20?,22?,23-,24+,25+,26?/m0/s1. The Morgan fingerprint density at radius 3 is 2.42 bits per heavy atom. The summed E-state index contributed by atoms with van der Waals surface area (Å²) in [4.78, 5) is 12.2. The van der Waals surface area contributed by atoms with Crippen molar-refractivity contribution in [1.82, 2.24) is 0 Å². The highest BCUT2D eigenvalue weighted by Gasteiger charge is 2.40. The second-order valence-corrected chi connectivity index (χ2v) is 11.9. The molecular formula is C27H44O3S. The van der Waals surface area contributed by atoms with Crippen molar-refractivity contribution >= 4 is 17.7 Å². The highest BCUT2D eigenvalue weighted by molar-refractivity contribution is 7.99. The minimum atomic E-state index is -0.410. The predicted molar refractivity (Wildman–Crippen MR) is 129 cm³/mol. The number of hydrogen-bond acceptors (Lipinski definition) is 4. The van der Waals surface area contributed by atoms with Gasteiger partial charge in [0.15, 0.2) is 6.29 Å². The Morgan fingerprint density at radius 2 is 1.65 bits per heavy atom. The second-order valence-electron chi connectivity index (χ2n) is 10.9. The molecule has 4 aliphatic rings. The fourth-order valence-corrected chi connectivity index (χ4v) is 7.88. The van der Waals surface area contributed by atoms with Gasteiger partial charge < -0.3 is 9.47 Å². The SMILES string of the molecule is CC(OCCC1CCCCC1)OC(=O)CSCC1CC[C@@H]2C[C@@H]3CC=CC[C@@H]3CC2C1. The first-order valence-electron chi connectivity index (χ1n) is 13.2. The summed E-state index contributed by atoms with van der Waals surface area (Å²) in [5.74, 6) is 6.91. The third kappa shape index (κ3) is 7.25. The first-order chi connectivity index (χ1) is 15.2. The van der Waals surface area contributed by atoms with Gasteiger partial charge in [-0.05, 0) is 99.6 Å². The average molecular weight is 449 g/mol. The van der Waals surface area contributed by atoms with Crippen molar-refractivity contribution in [1.29, 1.82) is 0 Å². The van der Waals surface area contributed by atoms with Crippen LogP contribution in [0, 0.1) is 35.5 Å². The summed E-state index contributed by atoms with van der Waals surface area (Å²) in [7, 11) is 0. The van der Waals surface area contributed by atoms with Gasteiger partial charge in [0.05, 0.1) is 12.4 Å². The number of allylic oxidation sites excluding steroid dienone is 2. The van der Waals surface area contributed by atoms with Crippen LogP contribution < -0.4 is 0 Å². The van der Waals surface area contributed by atoms with Crippen LogP contribution in [0.25, 0.3) is 0 Å². The van der Waals surface area contributed by atoms with Crippen LogP contribution in [0.3, 0.4) is 0 Å². The van der Waals surface area contributed by atoms with Crippen molar-refractivity contribution in [2.75, 3.05) is 18.1 Å². The lowest BCUT2D eigenvalue weighted by atomic mass is 9.59. The Labute approximate surface area is 194 Å². The Balaban J connectivity index is 1.07. The molecule has 176 valence electrons. The van der Waals surface area contributed by atoms with E-state index in [0.29, 0.717) is 12.4 Å². The van der Waals surface area contributed by atoms with E-state index in [1.165, 1.54) is 77.0 Å². The number of hydrogen-bond donors (Lipinski definition) is 0. The van der Waals surface area contributed by atoms with Gasteiger partial charge in [-0.25, -0.2) is 0 Å². The molecule has 4 aliphatic carbocycles. The van der Waals surface area contributed by atoms with E-state index in [1.807, 2.05) is 6.92 Å². The predicted octanol–water partition coefficient (Wildman–Crippen LogP) is 7.00. The molecule has 0 saturated heterocycles. The highest BCUT2D eigenvalue weighted by Crippen LogP contribution is 2.50. The van der Waals surface area contributed by atoms with Gasteiger partial charge in [0.25, 0.3) is 0 Å². The summed E-state index contributed by atoms with van der Waals surface area (Å²) in [5, 5.41) is 0. The average Bonchev–Trinajstić information content (AvgIpc) is 2.78. The smallest absolute Gasteiger partial charge is 0.318 e. The summed E-state index contributed by atoms with van der Waals surface area (Å²) >= 11 is 1.78. The van der Waals surface area contributed by atoms with E-state index in [-0.39, 0.29) is 5.97 Å². The molecule has 3 unspecified atom stereocenters. The summed E-state index contributed by atoms with van der Waals surface area (Å²) in [6.45, 7) is 2.58. The van der Waals surface area contributed by atoms with Gasteiger partial charge in [-0.1, -0.05) is 44.3 Å². The Kier molecular flexibility index (Phi) is 9.25. The fraction of sp³-hybridized carbons (Fsp3) is 0.889. The van der Waals surface area contributed by atoms with E-state index in [2.05, 4.69) is 12.2 Å². The Hall–Kier alpha value is -0.480. The third-order valence-electron chi connectivity index (χ3n) is 8.64. The third-order valence-corrected chi connectivity index (χ3v) is 9.79. The molecule has 0 bridgehead atoms. The number of ether oxygens (including phenoxy) is 2. The van der Waals surface area contributed by atoms with Gasteiger partial charge in [0.1, 0.15) is 0 Å². The molecule has 0 aromatic rings. The lowest BCUT2D eigenvalue weighted by Crippen LogP contribution is -2.37. The van der Waals surface area contributed by atoms with E-state index in [1.54, 1.807) is 11.8 Å². The lowest BCUT2D eigenvalue weighted by molar-refractivity contribution is -0.172. The number of rotatable bonds is 9. The van der Waals surface area contributed by atoms with E-state index in [4.69, 9.17) is 9.47 Å². The van der Waals surface area contributed by atoms with Gasteiger partial charge in [0, 0.05) is 0 Å². The van der Waals surface area contributed by atoms with Crippen LogP contribution in [-0.4, -0.2) is 30.4 Å². The fourth-order valence-electron chi connectivity index (χ4n) is 6.89. The summed E-state index contributed by atoms with van der Waals surface area (Å²) < 4.78 is 11.2. The van der Waals surface area contributed by atoms with Gasteiger partial charge in [-0.15, -0.1) is 11.8 Å². The second kappa shape index (κ2) is 12.1. The van der Waals surface area contributed by atoms with E-state index < -0.39 is 6.29 Å². The monoisotopic (exact) mass is 448 g/mol. The molecule has 3 fully saturated rings. The van der Waals surface area contributed by atoms with E-state index >= 15 is 0 Å². The molecule has 0 spiro atoms. The zero-order valence-corrected chi connectivity index (χ0v) is 20.5. The molecule has 0 aromatic heterocycles. The number of esters is 1. The van der Waals surface area contributed by atoms with Crippen molar-refractivity contribution in [2.24, 2.45) is 35.5 Å². The van der Waals surface area contributed by atoms with E-state index in [9.17, 15) is 4.79 Å². The van der Waals surface area contributed by atoms with Crippen molar-refractivity contribution in [3.05, 3.63) is 12.2 Å². The molecule has 0 amide bonds. The number of carbonyl (C=O) groups excluding carboxylic acids is 1. The topological polar surface area (TPSA) is 35.5 Å². The van der Waals surface area contributed by atoms with Crippen molar-refractivity contribution in [3.63, 3.8) is 0 Å². The highest BCUT2D eigenvalue weighted by atomic mass is 32.2. The number of thioether (sulfide) groups is 1. The zero-order chi connectivity index (χ0) is 21.5. The van der Waals surface area contributed by atoms with Crippen LogP contribution in [0.4, 0.5) is 0 Å². The molecule has 0 heterocycles. The summed E-state index contributed by atoms with van der Waals surface area (Å²) in [5.41, 5.74) is 0. The quantitative estimate of drug-likeness (QED) is 0.216. The normalized spacial score (nSPS) is 34.5. The molecule has 0 aliphatic heterocycles. The number of carbonyl (C=O) groups is 1. The molecule has 31 heavy (non-hydrogen) atoms. The van der Waals surface area contributed by atoms with Crippen molar-refractivity contribution in [2.45, 2.75) is 96.7 Å². The zero-order valence-electron chi connectivity index (χ0n) is 19.6. The van der Waals surface area contributed by atoms with Gasteiger partial charge >= 0.3 is 5.97 Å². The van der Waals surface area contributed by atoms with Crippen LogP contribution >= 0.6 is 11.8 Å². The van der Waals surface area contributed by atoms with Crippen LogP contribution in [0.2, 0.25) is 0 Å². The molecular weight excluding hydrogens is 404 g/mol. The van der Waals surface area contributed by atoms with Gasteiger partial charge in [0.2, 0.25) is 0 Å². The first kappa shape index (κ1) is 23.7. The molecule has 4 heteroatoms. The maximum Gasteiger partial charge on any atom is 0.318 e. The molecule has 0 aromatic carbocycles. The first-order valence-corrected chi connectivity index (χ1v) is 14.4. The van der Waals surface area contributed by atoms with Gasteiger partial charge in [-0.3, -0.25) is 4.79 Å².